The minimum Gasteiger partial charge on any atom is -0.343 e. The molecule has 0 radical (unpaired) electrons. The summed E-state index contributed by atoms with van der Waals surface area (Å²) < 4.78 is 0. The lowest BCUT2D eigenvalue weighted by Crippen LogP contribution is -2.47. The molecule has 4 rings (SSSR count). The molecule has 8 nitrogen and oxygen atoms in total. The summed E-state index contributed by atoms with van der Waals surface area (Å²) in [4.78, 5) is 33.7. The van der Waals surface area contributed by atoms with Crippen LogP contribution in [0.25, 0.3) is 0 Å². The first-order valence-electron chi connectivity index (χ1n) is 9.30. The number of thiazole rings is 1. The van der Waals surface area contributed by atoms with E-state index in [0.717, 1.165) is 48.7 Å². The van der Waals surface area contributed by atoms with Gasteiger partial charge < -0.3 is 20.9 Å². The second-order valence-electron chi connectivity index (χ2n) is 7.39. The summed E-state index contributed by atoms with van der Waals surface area (Å²) in [6.07, 6.45) is 0. The van der Waals surface area contributed by atoms with Crippen molar-refractivity contribution < 1.29 is 9.59 Å². The molecule has 0 aliphatic carbocycles. The fourth-order valence-electron chi connectivity index (χ4n) is 3.31. The summed E-state index contributed by atoms with van der Waals surface area (Å²) in [5.74, 6) is -0.388. The van der Waals surface area contributed by atoms with Crippen molar-refractivity contribution in [2.45, 2.75) is 13.8 Å². The smallest absolute Gasteiger partial charge is 0.277 e. The summed E-state index contributed by atoms with van der Waals surface area (Å²) in [6.45, 7) is 8.04. The number of likely N-dealkylation sites (N-methyl/N-ethyl adjacent to an activating group) is 1. The quantitative estimate of drug-likeness (QED) is 0.732. The summed E-state index contributed by atoms with van der Waals surface area (Å²) in [5, 5.41) is 10.1. The third kappa shape index (κ3) is 3.87. The van der Waals surface area contributed by atoms with Gasteiger partial charge in [0.2, 0.25) is 5.91 Å². The van der Waals surface area contributed by atoms with Crippen LogP contribution in [0.5, 0.6) is 0 Å². The summed E-state index contributed by atoms with van der Waals surface area (Å²) in [6, 6.07) is 3.95. The van der Waals surface area contributed by atoms with Crippen LogP contribution in [-0.4, -0.2) is 66.4 Å². The summed E-state index contributed by atoms with van der Waals surface area (Å²) >= 11 is 1.28. The van der Waals surface area contributed by atoms with Gasteiger partial charge in [-0.2, -0.15) is 0 Å². The Morgan fingerprint density at radius 2 is 1.79 bits per heavy atom. The first kappa shape index (κ1) is 18.9. The predicted molar refractivity (Wildman–Crippen MR) is 112 cm³/mol. The van der Waals surface area contributed by atoms with Gasteiger partial charge in [-0.25, -0.2) is 4.98 Å². The van der Waals surface area contributed by atoms with Gasteiger partial charge in [0, 0.05) is 26.2 Å². The van der Waals surface area contributed by atoms with Gasteiger partial charge in [-0.05, 0) is 44.2 Å². The minimum absolute atomic E-state index is 0.110. The van der Waals surface area contributed by atoms with Crippen molar-refractivity contribution in [1.29, 1.82) is 0 Å². The zero-order chi connectivity index (χ0) is 19.8. The van der Waals surface area contributed by atoms with Crippen LogP contribution in [0, 0.1) is 13.8 Å². The van der Waals surface area contributed by atoms with E-state index in [1.54, 1.807) is 0 Å². The summed E-state index contributed by atoms with van der Waals surface area (Å²) in [7, 11) is 2.08. The van der Waals surface area contributed by atoms with Crippen molar-refractivity contribution >= 4 is 44.7 Å². The molecule has 2 aromatic rings. The Morgan fingerprint density at radius 1 is 1.14 bits per heavy atom. The number of carbonyl (C=O) groups excluding carboxylic acids is 2. The van der Waals surface area contributed by atoms with Crippen LogP contribution in [0.15, 0.2) is 12.1 Å². The molecule has 3 heterocycles. The fourth-order valence-corrected chi connectivity index (χ4v) is 4.20. The minimum atomic E-state index is -0.277. The van der Waals surface area contributed by atoms with Crippen molar-refractivity contribution in [3.63, 3.8) is 0 Å². The Kier molecular flexibility index (Phi) is 5.05. The third-order valence-corrected chi connectivity index (χ3v) is 6.07. The number of fused-ring (bicyclic) bond motifs is 2. The molecule has 2 aliphatic rings. The summed E-state index contributed by atoms with van der Waals surface area (Å²) in [5.41, 5.74) is 4.10. The largest absolute Gasteiger partial charge is 0.343 e. The molecule has 28 heavy (non-hydrogen) atoms. The molecule has 0 unspecified atom stereocenters. The highest BCUT2D eigenvalue weighted by atomic mass is 32.1. The molecule has 0 saturated carbocycles. The molecule has 0 spiro atoms. The number of nitrogens with zero attached hydrogens (tertiary/aromatic N) is 3. The van der Waals surface area contributed by atoms with E-state index < -0.39 is 0 Å². The molecular formula is C19H24N6O2S. The van der Waals surface area contributed by atoms with Gasteiger partial charge in [-0.3, -0.25) is 14.5 Å². The van der Waals surface area contributed by atoms with E-state index in [9.17, 15) is 9.59 Å². The molecule has 148 valence electrons. The SMILES string of the molecule is Cc1cc2c(cc1C)Nc1sc(NC(=O)CN3CCN(C)CC3)nc1C(=O)N2. The van der Waals surface area contributed by atoms with E-state index in [0.29, 0.717) is 22.4 Å². The van der Waals surface area contributed by atoms with E-state index in [-0.39, 0.29) is 11.8 Å². The van der Waals surface area contributed by atoms with Crippen LogP contribution < -0.4 is 16.0 Å². The Bertz CT molecular complexity index is 933. The lowest BCUT2D eigenvalue weighted by Gasteiger charge is -2.31. The van der Waals surface area contributed by atoms with Crippen LogP contribution in [0.1, 0.15) is 21.6 Å². The van der Waals surface area contributed by atoms with E-state index in [1.807, 2.05) is 26.0 Å². The average Bonchev–Trinajstić information content (AvgIpc) is 2.98. The van der Waals surface area contributed by atoms with E-state index in [4.69, 9.17) is 0 Å². The molecule has 2 amide bonds. The average molecular weight is 401 g/mol. The topological polar surface area (TPSA) is 89.6 Å². The number of anilines is 4. The number of aromatic nitrogens is 1. The first-order chi connectivity index (χ1) is 13.4. The molecule has 2 aliphatic heterocycles. The first-order valence-corrected chi connectivity index (χ1v) is 10.1. The number of hydrogen-bond acceptors (Lipinski definition) is 7. The van der Waals surface area contributed by atoms with Gasteiger partial charge >= 0.3 is 0 Å². The Balaban J connectivity index is 1.48. The number of nitrogens with one attached hydrogen (secondary N) is 3. The Labute approximate surface area is 167 Å². The highest BCUT2D eigenvalue weighted by Crippen LogP contribution is 2.38. The lowest BCUT2D eigenvalue weighted by atomic mass is 10.1. The molecule has 1 fully saturated rings. The lowest BCUT2D eigenvalue weighted by molar-refractivity contribution is -0.117. The maximum absolute atomic E-state index is 12.6. The highest BCUT2D eigenvalue weighted by molar-refractivity contribution is 7.20. The second kappa shape index (κ2) is 7.50. The van der Waals surface area contributed by atoms with Crippen molar-refractivity contribution in [3.05, 3.63) is 29.0 Å². The van der Waals surface area contributed by atoms with Gasteiger partial charge in [0.05, 0.1) is 17.9 Å². The van der Waals surface area contributed by atoms with Crippen molar-refractivity contribution in [3.8, 4) is 0 Å². The molecule has 1 aromatic heterocycles. The van der Waals surface area contributed by atoms with Gasteiger partial charge in [-0.1, -0.05) is 11.3 Å². The molecule has 1 aromatic carbocycles. The predicted octanol–water partition coefficient (Wildman–Crippen LogP) is 2.26. The Morgan fingerprint density at radius 3 is 2.46 bits per heavy atom. The van der Waals surface area contributed by atoms with Gasteiger partial charge in [-0.15, -0.1) is 0 Å². The Hall–Kier alpha value is -2.49. The molecule has 0 atom stereocenters. The molecule has 3 N–H and O–H groups in total. The number of hydrogen-bond donors (Lipinski definition) is 3. The van der Waals surface area contributed by atoms with Gasteiger partial charge in [0.25, 0.3) is 5.91 Å². The van der Waals surface area contributed by atoms with Crippen molar-refractivity contribution in [2.24, 2.45) is 0 Å². The third-order valence-electron chi connectivity index (χ3n) is 5.18. The zero-order valence-corrected chi connectivity index (χ0v) is 17.1. The van der Waals surface area contributed by atoms with Gasteiger partial charge in [0.15, 0.2) is 10.8 Å². The molecule has 9 heteroatoms. The zero-order valence-electron chi connectivity index (χ0n) is 16.3. The molecular weight excluding hydrogens is 376 g/mol. The van der Waals surface area contributed by atoms with Crippen LogP contribution in [0.4, 0.5) is 21.5 Å². The van der Waals surface area contributed by atoms with Crippen molar-refractivity contribution in [2.75, 3.05) is 55.7 Å². The number of rotatable bonds is 3. The molecule has 1 saturated heterocycles. The second-order valence-corrected chi connectivity index (χ2v) is 8.38. The van der Waals surface area contributed by atoms with Crippen molar-refractivity contribution in [1.82, 2.24) is 14.8 Å². The number of carbonyl (C=O) groups is 2. The monoisotopic (exact) mass is 400 g/mol. The van der Waals surface area contributed by atoms with Crippen LogP contribution in [0.3, 0.4) is 0 Å². The van der Waals surface area contributed by atoms with Crippen LogP contribution in [0.2, 0.25) is 0 Å². The normalized spacial score (nSPS) is 17.2. The van der Waals surface area contributed by atoms with Crippen LogP contribution >= 0.6 is 11.3 Å². The van der Waals surface area contributed by atoms with E-state index in [1.165, 1.54) is 11.3 Å². The van der Waals surface area contributed by atoms with Crippen LogP contribution in [-0.2, 0) is 4.79 Å². The van der Waals surface area contributed by atoms with E-state index in [2.05, 4.69) is 37.8 Å². The maximum atomic E-state index is 12.6. The highest BCUT2D eigenvalue weighted by Gasteiger charge is 2.25. The standard InChI is InChI=1S/C19H24N6O2S/c1-11-8-13-14(9-12(11)2)21-18-16(17(27)20-13)23-19(28-18)22-15(26)10-25-6-4-24(3)5-7-25/h8-9,21H,4-7,10H2,1-3H3,(H,20,27)(H,22,23,26). The van der Waals surface area contributed by atoms with Gasteiger partial charge in [0.1, 0.15) is 5.00 Å². The number of piperazine rings is 1. The number of benzene rings is 1. The number of amides is 2. The maximum Gasteiger partial charge on any atom is 0.277 e. The molecule has 0 bridgehead atoms. The van der Waals surface area contributed by atoms with E-state index >= 15 is 0 Å². The number of aryl methyl sites for hydroxylation is 2. The fraction of sp³-hybridized carbons (Fsp3) is 0.421.